The molecule has 7 heteroatoms. The van der Waals surface area contributed by atoms with Gasteiger partial charge < -0.3 is 10.4 Å². The molecule has 1 amide bonds. The van der Waals surface area contributed by atoms with E-state index in [1.54, 1.807) is 13.8 Å². The minimum absolute atomic E-state index is 0.0661. The number of nitro benzene ring substituents is 1. The fraction of sp³-hybridized carbons (Fsp3) is 0.417. The summed E-state index contributed by atoms with van der Waals surface area (Å²) in [4.78, 5) is 22.2. The van der Waals surface area contributed by atoms with E-state index in [1.165, 1.54) is 18.2 Å². The molecule has 1 aromatic rings. The number of nitro groups is 1. The summed E-state index contributed by atoms with van der Waals surface area (Å²) in [6.45, 7) is 3.81. The molecular formula is C12H15BrN2O4. The molecular weight excluding hydrogens is 316 g/mol. The van der Waals surface area contributed by atoms with Crippen LogP contribution in [0, 0.1) is 15.5 Å². The van der Waals surface area contributed by atoms with E-state index in [0.717, 1.165) is 0 Å². The van der Waals surface area contributed by atoms with Crippen LogP contribution in [0.2, 0.25) is 0 Å². The number of hydrogen-bond acceptors (Lipinski definition) is 4. The largest absolute Gasteiger partial charge is 0.396 e. The average molecular weight is 331 g/mol. The van der Waals surface area contributed by atoms with Gasteiger partial charge in [-0.3, -0.25) is 14.9 Å². The first kappa shape index (κ1) is 15.6. The summed E-state index contributed by atoms with van der Waals surface area (Å²) in [6.07, 6.45) is 0. The Morgan fingerprint density at radius 1 is 1.53 bits per heavy atom. The quantitative estimate of drug-likeness (QED) is 0.638. The van der Waals surface area contributed by atoms with Crippen LogP contribution in [-0.4, -0.2) is 29.1 Å². The van der Waals surface area contributed by atoms with Crippen molar-refractivity contribution in [3.63, 3.8) is 0 Å². The Kier molecular flexibility index (Phi) is 5.02. The zero-order chi connectivity index (χ0) is 14.6. The molecule has 0 unspecified atom stereocenters. The molecule has 0 aliphatic rings. The standard InChI is InChI=1S/C12H15BrN2O4/c1-12(2,7-16)6-14-11(17)8-4-3-5-9(10(8)13)15(18)19/h3-5,16H,6-7H2,1-2H3,(H,14,17). The molecule has 0 atom stereocenters. The molecule has 2 N–H and O–H groups in total. The molecule has 0 bridgehead atoms. The summed E-state index contributed by atoms with van der Waals surface area (Å²) >= 11 is 3.07. The first-order valence-electron chi connectivity index (χ1n) is 5.60. The number of nitrogens with zero attached hydrogens (tertiary/aromatic N) is 1. The van der Waals surface area contributed by atoms with Crippen LogP contribution in [0.1, 0.15) is 24.2 Å². The summed E-state index contributed by atoms with van der Waals surface area (Å²) in [5.41, 5.74) is -0.403. The molecule has 0 saturated carbocycles. The Morgan fingerprint density at radius 2 is 2.16 bits per heavy atom. The number of carbonyl (C=O) groups excluding carboxylic acids is 1. The summed E-state index contributed by atoms with van der Waals surface area (Å²) < 4.78 is 0.152. The van der Waals surface area contributed by atoms with Gasteiger partial charge in [0.05, 0.1) is 10.5 Å². The van der Waals surface area contributed by atoms with Crippen LogP contribution in [0.3, 0.4) is 0 Å². The number of aliphatic hydroxyl groups is 1. The van der Waals surface area contributed by atoms with Crippen molar-refractivity contribution >= 4 is 27.5 Å². The third-order valence-electron chi connectivity index (χ3n) is 2.58. The van der Waals surface area contributed by atoms with Gasteiger partial charge in [-0.1, -0.05) is 19.9 Å². The first-order valence-corrected chi connectivity index (χ1v) is 6.40. The Balaban J connectivity index is 2.89. The minimum Gasteiger partial charge on any atom is -0.396 e. The highest BCUT2D eigenvalue weighted by Crippen LogP contribution is 2.28. The van der Waals surface area contributed by atoms with Crippen molar-refractivity contribution in [1.29, 1.82) is 0 Å². The number of carbonyl (C=O) groups is 1. The summed E-state index contributed by atoms with van der Waals surface area (Å²) in [7, 11) is 0. The maximum Gasteiger partial charge on any atom is 0.284 e. The Hall–Kier alpha value is -1.47. The summed E-state index contributed by atoms with van der Waals surface area (Å²) in [5, 5.41) is 22.5. The van der Waals surface area contributed by atoms with E-state index in [-0.39, 0.29) is 28.9 Å². The van der Waals surface area contributed by atoms with Crippen molar-refractivity contribution < 1.29 is 14.8 Å². The third-order valence-corrected chi connectivity index (χ3v) is 3.41. The number of amides is 1. The molecule has 1 rings (SSSR count). The average Bonchev–Trinajstić information content (AvgIpc) is 2.36. The van der Waals surface area contributed by atoms with Gasteiger partial charge in [0, 0.05) is 24.6 Å². The van der Waals surface area contributed by atoms with Crippen LogP contribution in [-0.2, 0) is 0 Å². The number of nitrogens with one attached hydrogen (secondary N) is 1. The minimum atomic E-state index is -0.557. The molecule has 0 saturated heterocycles. The highest BCUT2D eigenvalue weighted by molar-refractivity contribution is 9.10. The van der Waals surface area contributed by atoms with E-state index < -0.39 is 16.2 Å². The molecule has 1 aromatic carbocycles. The van der Waals surface area contributed by atoms with E-state index in [9.17, 15) is 14.9 Å². The number of aliphatic hydroxyl groups excluding tert-OH is 1. The second-order valence-electron chi connectivity index (χ2n) is 4.90. The topological polar surface area (TPSA) is 92.5 Å². The maximum absolute atomic E-state index is 12.0. The monoisotopic (exact) mass is 330 g/mol. The second-order valence-corrected chi connectivity index (χ2v) is 5.69. The van der Waals surface area contributed by atoms with Crippen molar-refractivity contribution in [3.05, 3.63) is 38.3 Å². The predicted octanol–water partition coefficient (Wildman–Crippen LogP) is 2.11. The molecule has 0 radical (unpaired) electrons. The van der Waals surface area contributed by atoms with Crippen molar-refractivity contribution in [2.45, 2.75) is 13.8 Å². The molecule has 104 valence electrons. The van der Waals surface area contributed by atoms with Gasteiger partial charge in [0.15, 0.2) is 0 Å². The maximum atomic E-state index is 12.0. The van der Waals surface area contributed by atoms with E-state index in [2.05, 4.69) is 21.2 Å². The predicted molar refractivity (Wildman–Crippen MR) is 74.0 cm³/mol. The van der Waals surface area contributed by atoms with Gasteiger partial charge in [-0.2, -0.15) is 0 Å². The third kappa shape index (κ3) is 4.00. The normalized spacial score (nSPS) is 11.2. The number of rotatable bonds is 5. The lowest BCUT2D eigenvalue weighted by Crippen LogP contribution is -2.36. The van der Waals surface area contributed by atoms with Gasteiger partial charge in [-0.25, -0.2) is 0 Å². The molecule has 0 heterocycles. The fourth-order valence-corrected chi connectivity index (χ4v) is 1.90. The summed E-state index contributed by atoms with van der Waals surface area (Å²) in [6, 6.07) is 4.27. The highest BCUT2D eigenvalue weighted by atomic mass is 79.9. The molecule has 19 heavy (non-hydrogen) atoms. The summed E-state index contributed by atoms with van der Waals surface area (Å²) in [5.74, 6) is -0.419. The molecule has 6 nitrogen and oxygen atoms in total. The van der Waals surface area contributed by atoms with Crippen LogP contribution in [0.15, 0.2) is 22.7 Å². The van der Waals surface area contributed by atoms with Gasteiger partial charge >= 0.3 is 0 Å². The lowest BCUT2D eigenvalue weighted by molar-refractivity contribution is -0.385. The van der Waals surface area contributed by atoms with Crippen LogP contribution in [0.5, 0.6) is 0 Å². The van der Waals surface area contributed by atoms with Gasteiger partial charge in [-0.15, -0.1) is 0 Å². The number of benzene rings is 1. The van der Waals surface area contributed by atoms with Crippen molar-refractivity contribution in [1.82, 2.24) is 5.32 Å². The Morgan fingerprint density at radius 3 is 2.68 bits per heavy atom. The lowest BCUT2D eigenvalue weighted by atomic mass is 9.95. The molecule has 0 aliphatic heterocycles. The van der Waals surface area contributed by atoms with Crippen LogP contribution < -0.4 is 5.32 Å². The van der Waals surface area contributed by atoms with E-state index in [0.29, 0.717) is 0 Å². The Labute approximate surface area is 119 Å². The zero-order valence-electron chi connectivity index (χ0n) is 10.6. The van der Waals surface area contributed by atoms with Crippen molar-refractivity contribution in [2.24, 2.45) is 5.41 Å². The van der Waals surface area contributed by atoms with Gasteiger partial charge in [0.1, 0.15) is 4.47 Å². The van der Waals surface area contributed by atoms with Crippen LogP contribution >= 0.6 is 15.9 Å². The van der Waals surface area contributed by atoms with Gasteiger partial charge in [-0.05, 0) is 22.0 Å². The lowest BCUT2D eigenvalue weighted by Gasteiger charge is -2.21. The van der Waals surface area contributed by atoms with Crippen molar-refractivity contribution in [3.8, 4) is 0 Å². The molecule has 0 aliphatic carbocycles. The number of halogens is 1. The van der Waals surface area contributed by atoms with E-state index in [4.69, 9.17) is 5.11 Å². The second kappa shape index (κ2) is 6.12. The molecule has 0 fully saturated rings. The van der Waals surface area contributed by atoms with E-state index in [1.807, 2.05) is 0 Å². The van der Waals surface area contributed by atoms with E-state index >= 15 is 0 Å². The van der Waals surface area contributed by atoms with Gasteiger partial charge in [0.2, 0.25) is 0 Å². The van der Waals surface area contributed by atoms with Crippen LogP contribution in [0.25, 0.3) is 0 Å². The van der Waals surface area contributed by atoms with Crippen LogP contribution in [0.4, 0.5) is 5.69 Å². The highest BCUT2D eigenvalue weighted by Gasteiger charge is 2.22. The fourth-order valence-electron chi connectivity index (χ4n) is 1.31. The molecule has 0 aromatic heterocycles. The SMILES string of the molecule is CC(C)(CO)CNC(=O)c1cccc([N+](=O)[O-])c1Br. The number of hydrogen-bond donors (Lipinski definition) is 2. The van der Waals surface area contributed by atoms with Crippen molar-refractivity contribution in [2.75, 3.05) is 13.2 Å². The Bertz CT molecular complexity index is 503. The zero-order valence-corrected chi connectivity index (χ0v) is 12.2. The van der Waals surface area contributed by atoms with Gasteiger partial charge in [0.25, 0.3) is 11.6 Å². The smallest absolute Gasteiger partial charge is 0.284 e. The molecule has 0 spiro atoms. The first-order chi connectivity index (χ1) is 8.78.